The Bertz CT molecular complexity index is 921. The van der Waals surface area contributed by atoms with Crippen LogP contribution in [-0.2, 0) is 16.0 Å². The zero-order valence-electron chi connectivity index (χ0n) is 15.9. The van der Waals surface area contributed by atoms with Crippen molar-refractivity contribution in [2.45, 2.75) is 38.8 Å². The van der Waals surface area contributed by atoms with Crippen molar-refractivity contribution < 1.29 is 18.7 Å². The number of anilines is 1. The molecule has 1 aliphatic heterocycles. The van der Waals surface area contributed by atoms with Crippen LogP contribution in [0.25, 0.3) is 10.6 Å². The van der Waals surface area contributed by atoms with Crippen molar-refractivity contribution in [2.24, 2.45) is 5.18 Å². The van der Waals surface area contributed by atoms with Gasteiger partial charge in [-0.1, -0.05) is 16.5 Å². The molecule has 1 aromatic heterocycles. The van der Waals surface area contributed by atoms with E-state index in [-0.39, 0.29) is 30.6 Å². The van der Waals surface area contributed by atoms with E-state index in [1.54, 1.807) is 19.1 Å². The van der Waals surface area contributed by atoms with Crippen LogP contribution in [0.4, 0.5) is 14.9 Å². The largest absolute Gasteiger partial charge is 0.442 e. The summed E-state index contributed by atoms with van der Waals surface area (Å²) in [6.07, 6.45) is 0.00211. The molecule has 2 aromatic rings. The van der Waals surface area contributed by atoms with Crippen molar-refractivity contribution in [3.63, 3.8) is 0 Å². The van der Waals surface area contributed by atoms with Crippen LogP contribution >= 0.6 is 11.3 Å². The summed E-state index contributed by atoms with van der Waals surface area (Å²) >= 11 is 1.25. The molecule has 1 fully saturated rings. The molecular weight excluding hydrogens is 401 g/mol. The average Bonchev–Trinajstić information content (AvgIpc) is 3.30. The Labute approximate surface area is 170 Å². The van der Waals surface area contributed by atoms with E-state index in [1.807, 2.05) is 0 Å². The Hall–Kier alpha value is -2.95. The lowest BCUT2D eigenvalue weighted by atomic mass is 10.2. The highest BCUT2D eigenvalue weighted by molar-refractivity contribution is 7.14. The van der Waals surface area contributed by atoms with E-state index in [0.29, 0.717) is 28.5 Å². The second-order valence-electron chi connectivity index (χ2n) is 6.71. The number of nitroso groups, excluding NO2 is 1. The molecule has 2 amide bonds. The second-order valence-corrected chi connectivity index (χ2v) is 7.77. The number of cyclic esters (lactones) is 1. The van der Waals surface area contributed by atoms with E-state index in [4.69, 9.17) is 4.74 Å². The Balaban J connectivity index is 1.69. The van der Waals surface area contributed by atoms with Gasteiger partial charge in [-0.15, -0.1) is 10.2 Å². The molecule has 0 saturated carbocycles. The molecule has 0 bridgehead atoms. The van der Waals surface area contributed by atoms with Crippen molar-refractivity contribution in [1.82, 2.24) is 15.5 Å². The molecule has 11 heteroatoms. The first-order chi connectivity index (χ1) is 13.9. The summed E-state index contributed by atoms with van der Waals surface area (Å²) in [5.41, 5.74) is 0.638. The molecule has 29 heavy (non-hydrogen) atoms. The SMILES string of the molecule is CC(=O)NCC1CN(c2ccc(-c3nnc(CCC(C)N=O)s3)c(F)c2)C(=O)O1. The van der Waals surface area contributed by atoms with Crippen molar-refractivity contribution >= 4 is 29.0 Å². The predicted octanol–water partition coefficient (Wildman–Crippen LogP) is 2.89. The maximum Gasteiger partial charge on any atom is 0.414 e. The lowest BCUT2D eigenvalue weighted by Gasteiger charge is -2.14. The number of halogens is 1. The highest BCUT2D eigenvalue weighted by Gasteiger charge is 2.32. The van der Waals surface area contributed by atoms with Crippen molar-refractivity contribution in [2.75, 3.05) is 18.0 Å². The van der Waals surface area contributed by atoms with E-state index in [9.17, 15) is 18.9 Å². The first-order valence-electron chi connectivity index (χ1n) is 9.04. The van der Waals surface area contributed by atoms with Gasteiger partial charge in [0.2, 0.25) is 5.91 Å². The van der Waals surface area contributed by atoms with Gasteiger partial charge in [-0.25, -0.2) is 9.18 Å². The molecular formula is C18H20FN5O4S. The number of hydrogen-bond donors (Lipinski definition) is 1. The third kappa shape index (κ3) is 5.11. The number of rotatable bonds is 8. The van der Waals surface area contributed by atoms with Gasteiger partial charge in [0, 0.05) is 18.9 Å². The molecule has 1 aliphatic rings. The number of nitrogens with one attached hydrogen (secondary N) is 1. The summed E-state index contributed by atoms with van der Waals surface area (Å²) in [5.74, 6) is -0.755. The van der Waals surface area contributed by atoms with Gasteiger partial charge >= 0.3 is 6.09 Å². The van der Waals surface area contributed by atoms with Crippen LogP contribution < -0.4 is 10.2 Å². The van der Waals surface area contributed by atoms with Gasteiger partial charge in [0.15, 0.2) is 5.01 Å². The number of ether oxygens (including phenoxy) is 1. The van der Waals surface area contributed by atoms with Gasteiger partial charge in [-0.2, -0.15) is 4.91 Å². The smallest absolute Gasteiger partial charge is 0.414 e. The fourth-order valence-electron chi connectivity index (χ4n) is 2.79. The number of aromatic nitrogens is 2. The maximum absolute atomic E-state index is 14.7. The first-order valence-corrected chi connectivity index (χ1v) is 9.86. The van der Waals surface area contributed by atoms with E-state index in [2.05, 4.69) is 20.7 Å². The number of benzene rings is 1. The molecule has 2 heterocycles. The molecule has 0 aliphatic carbocycles. The average molecular weight is 421 g/mol. The standard InChI is InChI=1S/C18H20FN5O4S/c1-10(23-27)3-6-16-21-22-17(29-16)14-5-4-12(7-15(14)19)24-9-13(28-18(24)26)8-20-11(2)25/h4-5,7,10,13H,3,6,8-9H2,1-2H3,(H,20,25). The quantitative estimate of drug-likeness (QED) is 0.656. The van der Waals surface area contributed by atoms with E-state index < -0.39 is 18.0 Å². The number of carbonyl (C=O) groups excluding carboxylic acids is 2. The zero-order chi connectivity index (χ0) is 21.0. The number of hydrogen-bond acceptors (Lipinski definition) is 8. The van der Waals surface area contributed by atoms with Crippen LogP contribution in [-0.4, -0.2) is 47.4 Å². The number of nitrogens with zero attached hydrogens (tertiary/aromatic N) is 4. The summed E-state index contributed by atoms with van der Waals surface area (Å²) in [7, 11) is 0. The van der Waals surface area contributed by atoms with Crippen molar-refractivity contribution in [1.29, 1.82) is 0 Å². The van der Waals surface area contributed by atoms with Gasteiger partial charge < -0.3 is 10.1 Å². The van der Waals surface area contributed by atoms with Crippen LogP contribution in [0.15, 0.2) is 23.4 Å². The van der Waals surface area contributed by atoms with Gasteiger partial charge in [0.05, 0.1) is 24.8 Å². The molecule has 1 saturated heterocycles. The summed E-state index contributed by atoms with van der Waals surface area (Å²) < 4.78 is 19.9. The summed E-state index contributed by atoms with van der Waals surface area (Å²) in [6, 6.07) is 4.09. The summed E-state index contributed by atoms with van der Waals surface area (Å²) in [4.78, 5) is 34.8. The van der Waals surface area contributed by atoms with Crippen LogP contribution in [0.5, 0.6) is 0 Å². The topological polar surface area (TPSA) is 114 Å². The fraction of sp³-hybridized carbons (Fsp3) is 0.444. The fourth-order valence-corrected chi connectivity index (χ4v) is 3.67. The lowest BCUT2D eigenvalue weighted by Crippen LogP contribution is -2.33. The van der Waals surface area contributed by atoms with Crippen molar-refractivity contribution in [3.05, 3.63) is 33.9 Å². The maximum atomic E-state index is 14.7. The molecule has 2 atom stereocenters. The van der Waals surface area contributed by atoms with Gasteiger partial charge in [0.1, 0.15) is 16.9 Å². The minimum Gasteiger partial charge on any atom is -0.442 e. The van der Waals surface area contributed by atoms with Gasteiger partial charge in [-0.3, -0.25) is 9.69 Å². The van der Waals surface area contributed by atoms with E-state index in [0.717, 1.165) is 0 Å². The van der Waals surface area contributed by atoms with Gasteiger partial charge in [0.25, 0.3) is 0 Å². The molecule has 1 N–H and O–H groups in total. The molecule has 0 spiro atoms. The molecule has 1 aromatic carbocycles. The first kappa shape index (κ1) is 20.8. The minimum absolute atomic E-state index is 0.198. The molecule has 9 nitrogen and oxygen atoms in total. The van der Waals surface area contributed by atoms with Crippen molar-refractivity contribution in [3.8, 4) is 10.6 Å². The highest BCUT2D eigenvalue weighted by atomic mass is 32.1. The van der Waals surface area contributed by atoms with E-state index >= 15 is 0 Å². The second kappa shape index (κ2) is 9.03. The number of carbonyl (C=O) groups is 2. The van der Waals surface area contributed by atoms with Gasteiger partial charge in [-0.05, 0) is 31.5 Å². The van der Waals surface area contributed by atoms with Crippen LogP contribution in [0, 0.1) is 10.7 Å². The number of aryl methyl sites for hydroxylation is 1. The monoisotopic (exact) mass is 421 g/mol. The van der Waals surface area contributed by atoms with Crippen LogP contribution in [0.2, 0.25) is 0 Å². The third-order valence-corrected chi connectivity index (χ3v) is 5.39. The normalized spacial score (nSPS) is 17.1. The Morgan fingerprint density at radius 3 is 2.97 bits per heavy atom. The number of amides is 2. The molecule has 3 rings (SSSR count). The van der Waals surface area contributed by atoms with Crippen LogP contribution in [0.3, 0.4) is 0 Å². The Kier molecular flexibility index (Phi) is 6.47. The van der Waals surface area contributed by atoms with E-state index in [1.165, 1.54) is 29.2 Å². The van der Waals surface area contributed by atoms with Crippen LogP contribution in [0.1, 0.15) is 25.3 Å². The third-order valence-electron chi connectivity index (χ3n) is 4.37. The predicted molar refractivity (Wildman–Crippen MR) is 105 cm³/mol. The summed E-state index contributed by atoms with van der Waals surface area (Å²) in [6.45, 7) is 3.51. The molecule has 0 radical (unpaired) electrons. The highest BCUT2D eigenvalue weighted by Crippen LogP contribution is 2.31. The Morgan fingerprint density at radius 2 is 2.28 bits per heavy atom. The lowest BCUT2D eigenvalue weighted by molar-refractivity contribution is -0.119. The minimum atomic E-state index is -0.594. The molecule has 2 unspecified atom stereocenters. The molecule has 154 valence electrons. The Morgan fingerprint density at radius 1 is 1.48 bits per heavy atom. The summed E-state index contributed by atoms with van der Waals surface area (Å²) in [5, 5.41) is 14.7. The zero-order valence-corrected chi connectivity index (χ0v) is 16.7.